The van der Waals surface area contributed by atoms with Crippen LogP contribution in [0.4, 0.5) is 0 Å². The molecule has 1 unspecified atom stereocenters. The lowest BCUT2D eigenvalue weighted by molar-refractivity contribution is 0.158. The lowest BCUT2D eigenvalue weighted by atomic mass is 9.90. The molecular weight excluding hydrogens is 186 g/mol. The molecule has 0 saturated heterocycles. The first-order valence-electron chi connectivity index (χ1n) is 4.31. The lowest BCUT2D eigenvalue weighted by Gasteiger charge is -2.33. The summed E-state index contributed by atoms with van der Waals surface area (Å²) in [7, 11) is 0. The van der Waals surface area contributed by atoms with E-state index < -0.39 is 5.54 Å². The second-order valence-corrected chi connectivity index (χ2v) is 3.45. The lowest BCUT2D eigenvalue weighted by Crippen LogP contribution is -2.48. The summed E-state index contributed by atoms with van der Waals surface area (Å²) in [6, 6.07) is 0. The third kappa shape index (κ3) is 1.61. The van der Waals surface area contributed by atoms with Crippen molar-refractivity contribution >= 4 is 0 Å². The number of rotatable bonds is 3. The molecule has 0 aromatic rings. The van der Waals surface area contributed by atoms with Gasteiger partial charge in [0.2, 0.25) is 0 Å². The number of hydrogen-bond donors (Lipinski definition) is 5. The quantitative estimate of drug-likeness (QED) is 0.405. The average Bonchev–Trinajstić information content (AvgIpc) is 2.22. The predicted octanol–water partition coefficient (Wildman–Crippen LogP) is -0.979. The largest absolute Gasteiger partial charge is 0.509 e. The van der Waals surface area contributed by atoms with Gasteiger partial charge in [0.1, 0.15) is 11.3 Å². The van der Waals surface area contributed by atoms with Gasteiger partial charge in [0.15, 0.2) is 0 Å². The van der Waals surface area contributed by atoms with Crippen LogP contribution >= 0.6 is 0 Å². The van der Waals surface area contributed by atoms with Crippen molar-refractivity contribution in [1.82, 2.24) is 5.32 Å². The summed E-state index contributed by atoms with van der Waals surface area (Å²) in [5.41, 5.74) is -0.282. The number of dihydropyridines is 1. The standard InChI is InChI=1S/C9H15NO4/c1-9(5-13)8(14)7(4-12)6(3-11)2-10-9/h2,10-14H,3-5H2,1H3. The Morgan fingerprint density at radius 3 is 2.36 bits per heavy atom. The molecule has 0 aromatic heterocycles. The van der Waals surface area contributed by atoms with Gasteiger partial charge in [-0.1, -0.05) is 0 Å². The second kappa shape index (κ2) is 4.00. The van der Waals surface area contributed by atoms with Crippen LogP contribution in [0, 0.1) is 0 Å². The molecule has 14 heavy (non-hydrogen) atoms. The number of aliphatic hydroxyl groups is 4. The van der Waals surface area contributed by atoms with Crippen LogP contribution in [-0.2, 0) is 0 Å². The first-order chi connectivity index (χ1) is 6.59. The second-order valence-electron chi connectivity index (χ2n) is 3.45. The Balaban J connectivity index is 3.09. The summed E-state index contributed by atoms with van der Waals surface area (Å²) in [5, 5.41) is 39.5. The smallest absolute Gasteiger partial charge is 0.126 e. The van der Waals surface area contributed by atoms with Crippen molar-refractivity contribution in [3.05, 3.63) is 23.1 Å². The van der Waals surface area contributed by atoms with Crippen LogP contribution in [0.2, 0.25) is 0 Å². The number of aliphatic hydroxyl groups excluding tert-OH is 4. The minimum atomic E-state index is -0.975. The van der Waals surface area contributed by atoms with Crippen molar-refractivity contribution in [2.24, 2.45) is 0 Å². The highest BCUT2D eigenvalue weighted by Gasteiger charge is 2.33. The zero-order valence-electron chi connectivity index (χ0n) is 7.99. The summed E-state index contributed by atoms with van der Waals surface area (Å²) in [6.45, 7) is 0.671. The van der Waals surface area contributed by atoms with Crippen LogP contribution in [0.25, 0.3) is 0 Å². The van der Waals surface area contributed by atoms with E-state index in [1.807, 2.05) is 0 Å². The van der Waals surface area contributed by atoms with Gasteiger partial charge < -0.3 is 25.7 Å². The Bertz CT molecular complexity index is 285. The third-order valence-electron chi connectivity index (χ3n) is 2.41. The Labute approximate surface area is 82.0 Å². The van der Waals surface area contributed by atoms with Gasteiger partial charge in [-0.2, -0.15) is 0 Å². The minimum Gasteiger partial charge on any atom is -0.509 e. The molecule has 5 N–H and O–H groups in total. The Morgan fingerprint density at radius 1 is 1.29 bits per heavy atom. The molecule has 0 spiro atoms. The van der Waals surface area contributed by atoms with E-state index in [2.05, 4.69) is 5.32 Å². The fourth-order valence-electron chi connectivity index (χ4n) is 1.33. The fraction of sp³-hybridized carbons (Fsp3) is 0.556. The highest BCUT2D eigenvalue weighted by atomic mass is 16.3. The summed E-state index contributed by atoms with van der Waals surface area (Å²) in [6.07, 6.45) is 1.49. The van der Waals surface area contributed by atoms with E-state index in [9.17, 15) is 5.11 Å². The van der Waals surface area contributed by atoms with Gasteiger partial charge in [0.05, 0.1) is 19.8 Å². The highest BCUT2D eigenvalue weighted by Crippen LogP contribution is 2.26. The van der Waals surface area contributed by atoms with E-state index in [0.29, 0.717) is 5.57 Å². The summed E-state index contributed by atoms with van der Waals surface area (Å²) in [4.78, 5) is 0. The highest BCUT2D eigenvalue weighted by molar-refractivity contribution is 5.41. The Hall–Kier alpha value is -1.04. The molecule has 5 nitrogen and oxygen atoms in total. The maximum absolute atomic E-state index is 9.73. The van der Waals surface area contributed by atoms with Crippen molar-refractivity contribution in [3.8, 4) is 0 Å². The van der Waals surface area contributed by atoms with E-state index in [-0.39, 0.29) is 31.2 Å². The molecule has 1 heterocycles. The van der Waals surface area contributed by atoms with Crippen molar-refractivity contribution in [3.63, 3.8) is 0 Å². The molecule has 0 aromatic carbocycles. The van der Waals surface area contributed by atoms with Gasteiger partial charge in [-0.05, 0) is 6.92 Å². The van der Waals surface area contributed by atoms with Crippen LogP contribution in [0.5, 0.6) is 0 Å². The summed E-state index contributed by atoms with van der Waals surface area (Å²) < 4.78 is 0. The van der Waals surface area contributed by atoms with Crippen molar-refractivity contribution in [2.75, 3.05) is 19.8 Å². The van der Waals surface area contributed by atoms with Crippen LogP contribution in [-0.4, -0.2) is 45.8 Å². The van der Waals surface area contributed by atoms with Gasteiger partial charge in [0.25, 0.3) is 0 Å². The Kier molecular flexibility index (Phi) is 3.15. The Morgan fingerprint density at radius 2 is 1.93 bits per heavy atom. The maximum Gasteiger partial charge on any atom is 0.126 e. The van der Waals surface area contributed by atoms with E-state index in [1.54, 1.807) is 6.92 Å². The van der Waals surface area contributed by atoms with Crippen LogP contribution in [0.3, 0.4) is 0 Å². The molecule has 1 aliphatic heterocycles. The molecular formula is C9H15NO4. The maximum atomic E-state index is 9.73. The van der Waals surface area contributed by atoms with Crippen molar-refractivity contribution in [2.45, 2.75) is 12.5 Å². The van der Waals surface area contributed by atoms with Crippen LogP contribution in [0.15, 0.2) is 23.1 Å². The molecule has 0 radical (unpaired) electrons. The van der Waals surface area contributed by atoms with Gasteiger partial charge in [-0.3, -0.25) is 0 Å². The monoisotopic (exact) mass is 201 g/mol. The fourth-order valence-corrected chi connectivity index (χ4v) is 1.33. The van der Waals surface area contributed by atoms with Crippen LogP contribution < -0.4 is 5.32 Å². The number of hydrogen-bond acceptors (Lipinski definition) is 5. The van der Waals surface area contributed by atoms with Gasteiger partial charge in [-0.15, -0.1) is 0 Å². The zero-order valence-corrected chi connectivity index (χ0v) is 7.99. The van der Waals surface area contributed by atoms with Crippen molar-refractivity contribution < 1.29 is 20.4 Å². The average molecular weight is 201 g/mol. The topological polar surface area (TPSA) is 93.0 Å². The zero-order chi connectivity index (χ0) is 10.8. The van der Waals surface area contributed by atoms with E-state index in [0.717, 1.165) is 0 Å². The molecule has 1 atom stereocenters. The SMILES string of the molecule is CC1(CO)NC=C(CO)C(CO)=C1O. The van der Waals surface area contributed by atoms with E-state index in [1.165, 1.54) is 6.20 Å². The molecule has 0 bridgehead atoms. The molecule has 0 aliphatic carbocycles. The van der Waals surface area contributed by atoms with E-state index >= 15 is 0 Å². The van der Waals surface area contributed by atoms with Gasteiger partial charge in [0, 0.05) is 17.3 Å². The summed E-state index contributed by atoms with van der Waals surface area (Å²) in [5.74, 6) is -0.131. The van der Waals surface area contributed by atoms with Gasteiger partial charge >= 0.3 is 0 Å². The molecule has 0 amide bonds. The molecule has 0 saturated carbocycles. The van der Waals surface area contributed by atoms with Gasteiger partial charge in [-0.25, -0.2) is 0 Å². The first kappa shape index (κ1) is 11.0. The molecule has 1 rings (SSSR count). The van der Waals surface area contributed by atoms with E-state index in [4.69, 9.17) is 15.3 Å². The molecule has 80 valence electrons. The minimum absolute atomic E-state index is 0.131. The number of nitrogens with one attached hydrogen (secondary N) is 1. The summed E-state index contributed by atoms with van der Waals surface area (Å²) >= 11 is 0. The molecule has 0 fully saturated rings. The predicted molar refractivity (Wildman–Crippen MR) is 50.5 cm³/mol. The molecule has 1 aliphatic rings. The normalized spacial score (nSPS) is 27.3. The third-order valence-corrected chi connectivity index (χ3v) is 2.41. The first-order valence-corrected chi connectivity index (χ1v) is 4.31. The van der Waals surface area contributed by atoms with Crippen LogP contribution in [0.1, 0.15) is 6.92 Å². The van der Waals surface area contributed by atoms with Crippen molar-refractivity contribution in [1.29, 1.82) is 0 Å². The molecule has 5 heteroatoms.